The van der Waals surface area contributed by atoms with Crippen LogP contribution in [0.3, 0.4) is 0 Å². The minimum absolute atomic E-state index is 0.0283. The summed E-state index contributed by atoms with van der Waals surface area (Å²) < 4.78 is 29.3. The van der Waals surface area contributed by atoms with Gasteiger partial charge in [-0.2, -0.15) is 0 Å². The Labute approximate surface area is 214 Å². The molecule has 0 bridgehead atoms. The van der Waals surface area contributed by atoms with Crippen molar-refractivity contribution >= 4 is 44.8 Å². The van der Waals surface area contributed by atoms with Crippen molar-refractivity contribution in [3.63, 3.8) is 0 Å². The number of thiazole rings is 1. The van der Waals surface area contributed by atoms with Crippen molar-refractivity contribution < 1.29 is 23.4 Å². The molecule has 0 radical (unpaired) electrons. The largest absolute Gasteiger partial charge is 0.426 e. The lowest BCUT2D eigenvalue weighted by molar-refractivity contribution is -0.140. The lowest BCUT2D eigenvalue weighted by Gasteiger charge is -2.39. The number of nitrogens with one attached hydrogen (secondary N) is 1. The first-order valence-electron chi connectivity index (χ1n) is 11.8. The number of anilines is 2. The number of rotatable bonds is 5. The van der Waals surface area contributed by atoms with Crippen LogP contribution in [0.15, 0.2) is 65.0 Å². The molecule has 2 aromatic carbocycles. The molecule has 0 unspecified atom stereocenters. The molecule has 9 nitrogen and oxygen atoms in total. The predicted molar refractivity (Wildman–Crippen MR) is 139 cm³/mol. The van der Waals surface area contributed by atoms with Gasteiger partial charge in [0.05, 0.1) is 16.4 Å². The van der Waals surface area contributed by atoms with Gasteiger partial charge in [-0.05, 0) is 49.6 Å². The normalized spacial score (nSPS) is 22.1. The molecule has 3 aromatic rings. The maximum atomic E-state index is 13.4. The van der Waals surface area contributed by atoms with Crippen molar-refractivity contribution in [2.75, 3.05) is 29.3 Å². The number of para-hydroxylation sites is 1. The summed E-state index contributed by atoms with van der Waals surface area (Å²) in [6.45, 7) is 1.88. The summed E-state index contributed by atoms with van der Waals surface area (Å²) in [5.74, 6) is 0.500. The summed E-state index contributed by atoms with van der Waals surface area (Å²) in [5, 5.41) is 2.17. The Balaban J connectivity index is 1.12. The van der Waals surface area contributed by atoms with E-state index in [1.165, 1.54) is 11.3 Å². The zero-order valence-electron chi connectivity index (χ0n) is 19.4. The SMILES string of the molecule is O=C1[C@@H](N2CCC3(CC2)C(=O)Oc2ccccc23)CCN1c1ccc(S(O)(O)Nc2nccs2)cc1. The summed E-state index contributed by atoms with van der Waals surface area (Å²) in [6.07, 6.45) is 3.55. The zero-order chi connectivity index (χ0) is 24.9. The number of amides is 1. The highest BCUT2D eigenvalue weighted by atomic mass is 32.3. The van der Waals surface area contributed by atoms with Crippen molar-refractivity contribution in [2.24, 2.45) is 0 Å². The molecule has 3 N–H and O–H groups in total. The molecular formula is C25H26N4O5S2. The first-order chi connectivity index (χ1) is 17.4. The van der Waals surface area contributed by atoms with Gasteiger partial charge >= 0.3 is 5.97 Å². The molecule has 0 saturated carbocycles. The highest BCUT2D eigenvalue weighted by Crippen LogP contribution is 2.49. The highest BCUT2D eigenvalue weighted by molar-refractivity contribution is 8.25. The van der Waals surface area contributed by atoms with E-state index in [2.05, 4.69) is 14.6 Å². The van der Waals surface area contributed by atoms with Gasteiger partial charge in [0.1, 0.15) is 5.75 Å². The summed E-state index contributed by atoms with van der Waals surface area (Å²) in [4.78, 5) is 34.4. The Morgan fingerprint density at radius 2 is 1.81 bits per heavy atom. The zero-order valence-corrected chi connectivity index (χ0v) is 21.0. The van der Waals surface area contributed by atoms with Gasteiger partial charge in [0.2, 0.25) is 11.0 Å². The van der Waals surface area contributed by atoms with Crippen LogP contribution >= 0.6 is 22.1 Å². The van der Waals surface area contributed by atoms with Crippen LogP contribution in [0.1, 0.15) is 24.8 Å². The highest BCUT2D eigenvalue weighted by Gasteiger charge is 2.52. The molecule has 1 spiro atoms. The minimum Gasteiger partial charge on any atom is -0.426 e. The Hall–Kier alpha value is -2.96. The Bertz CT molecular complexity index is 1290. The van der Waals surface area contributed by atoms with E-state index in [9.17, 15) is 18.7 Å². The van der Waals surface area contributed by atoms with E-state index in [4.69, 9.17) is 4.74 Å². The maximum absolute atomic E-state index is 13.4. The number of carbonyl (C=O) groups is 2. The second-order valence-electron chi connectivity index (χ2n) is 9.28. The fraction of sp³-hybridized carbons (Fsp3) is 0.320. The molecule has 2 saturated heterocycles. The topological polar surface area (TPSA) is 115 Å². The number of ether oxygens (including phenoxy) is 1. The minimum atomic E-state index is -3.25. The molecule has 36 heavy (non-hydrogen) atoms. The lowest BCUT2D eigenvalue weighted by Crippen LogP contribution is -2.51. The van der Waals surface area contributed by atoms with E-state index in [1.54, 1.807) is 40.7 Å². The molecule has 4 heterocycles. The third-order valence-electron chi connectivity index (χ3n) is 7.40. The van der Waals surface area contributed by atoms with E-state index in [0.717, 1.165) is 11.3 Å². The van der Waals surface area contributed by atoms with Crippen LogP contribution in [0.25, 0.3) is 0 Å². The monoisotopic (exact) mass is 526 g/mol. The standard InChI is InChI=1S/C25H26N4O5S2/c30-22-20(28-14-10-25(11-15-28)19-3-1-2-4-21(19)34-23(25)31)9-13-29(22)17-5-7-18(8-6-17)36(32,33)27-24-26-12-16-35-24/h1-8,12,16,20,32-33H,9-11,13-15H2,(H,26,27)/t20-/m0/s1. The first-order valence-corrected chi connectivity index (χ1v) is 14.2. The van der Waals surface area contributed by atoms with Crippen molar-refractivity contribution in [3.05, 3.63) is 65.7 Å². The Morgan fingerprint density at radius 3 is 2.53 bits per heavy atom. The van der Waals surface area contributed by atoms with Crippen LogP contribution in [-0.2, 0) is 15.0 Å². The van der Waals surface area contributed by atoms with Crippen molar-refractivity contribution in [3.8, 4) is 5.75 Å². The van der Waals surface area contributed by atoms with E-state index in [-0.39, 0.29) is 17.9 Å². The Kier molecular flexibility index (Phi) is 5.77. The third-order valence-corrected chi connectivity index (χ3v) is 9.63. The molecular weight excluding hydrogens is 500 g/mol. The van der Waals surface area contributed by atoms with Crippen LogP contribution in [0.5, 0.6) is 5.75 Å². The van der Waals surface area contributed by atoms with Gasteiger partial charge in [0, 0.05) is 42.5 Å². The summed E-state index contributed by atoms with van der Waals surface area (Å²) in [5.41, 5.74) is 1.07. The van der Waals surface area contributed by atoms with E-state index < -0.39 is 16.2 Å². The molecule has 1 aromatic heterocycles. The van der Waals surface area contributed by atoms with Gasteiger partial charge in [0.25, 0.3) is 0 Å². The summed E-state index contributed by atoms with van der Waals surface area (Å²) in [7, 11) is -3.25. The fourth-order valence-electron chi connectivity index (χ4n) is 5.48. The first kappa shape index (κ1) is 23.4. The number of likely N-dealkylation sites (tertiary alicyclic amines) is 1. The second-order valence-corrected chi connectivity index (χ2v) is 11.9. The number of carbonyl (C=O) groups excluding carboxylic acids is 2. The van der Waals surface area contributed by atoms with Gasteiger partial charge in [-0.15, -0.1) is 11.3 Å². The summed E-state index contributed by atoms with van der Waals surface area (Å²) >= 11 is 1.28. The quantitative estimate of drug-likeness (QED) is 0.332. The number of fused-ring (bicyclic) bond motifs is 2. The average Bonchev–Trinajstić information content (AvgIpc) is 3.59. The number of nitrogens with zero attached hydrogens (tertiary/aromatic N) is 3. The molecule has 0 aliphatic carbocycles. The number of benzene rings is 2. The van der Waals surface area contributed by atoms with Gasteiger partial charge < -0.3 is 9.64 Å². The lowest BCUT2D eigenvalue weighted by atomic mass is 9.73. The van der Waals surface area contributed by atoms with Crippen molar-refractivity contribution in [2.45, 2.75) is 35.6 Å². The van der Waals surface area contributed by atoms with Gasteiger partial charge in [-0.25, -0.2) is 4.98 Å². The summed E-state index contributed by atoms with van der Waals surface area (Å²) in [6, 6.07) is 14.1. The van der Waals surface area contributed by atoms with Crippen molar-refractivity contribution in [1.29, 1.82) is 0 Å². The van der Waals surface area contributed by atoms with Crippen LogP contribution in [-0.4, -0.2) is 56.5 Å². The number of hydrogen-bond donors (Lipinski definition) is 3. The van der Waals surface area contributed by atoms with Crippen LogP contribution < -0.4 is 14.4 Å². The molecule has 6 rings (SSSR count). The van der Waals surface area contributed by atoms with Crippen molar-refractivity contribution in [1.82, 2.24) is 9.88 Å². The molecule has 3 aliphatic heterocycles. The third kappa shape index (κ3) is 3.87. The van der Waals surface area contributed by atoms with Gasteiger partial charge in [-0.3, -0.25) is 28.3 Å². The van der Waals surface area contributed by atoms with Gasteiger partial charge in [0.15, 0.2) is 0 Å². The second kappa shape index (κ2) is 8.86. The number of esters is 1. The Morgan fingerprint density at radius 1 is 1.06 bits per heavy atom. The van der Waals surface area contributed by atoms with Crippen LogP contribution in [0, 0.1) is 0 Å². The van der Waals surface area contributed by atoms with Crippen LogP contribution in [0.4, 0.5) is 10.8 Å². The van der Waals surface area contributed by atoms with Gasteiger partial charge in [-0.1, -0.05) is 29.0 Å². The average molecular weight is 527 g/mol. The van der Waals surface area contributed by atoms with E-state index >= 15 is 0 Å². The van der Waals surface area contributed by atoms with Crippen LogP contribution in [0.2, 0.25) is 0 Å². The smallest absolute Gasteiger partial charge is 0.322 e. The molecule has 3 aliphatic rings. The molecule has 1 amide bonds. The molecule has 11 heteroatoms. The van der Waals surface area contributed by atoms with E-state index in [0.29, 0.717) is 54.7 Å². The number of aromatic nitrogens is 1. The molecule has 1 atom stereocenters. The molecule has 188 valence electrons. The maximum Gasteiger partial charge on any atom is 0.322 e. The number of hydrogen-bond acceptors (Lipinski definition) is 9. The fourth-order valence-corrected chi connectivity index (χ4v) is 7.32. The predicted octanol–water partition coefficient (Wildman–Crippen LogP) is 4.34. The van der Waals surface area contributed by atoms with E-state index in [1.807, 2.05) is 24.3 Å². The molecule has 2 fully saturated rings. The number of piperidine rings is 1.